The Morgan fingerprint density at radius 3 is 2.29 bits per heavy atom. The average Bonchev–Trinajstić information content (AvgIpc) is 1.61. The third-order valence-electron chi connectivity index (χ3n) is 0.637. The van der Waals surface area contributed by atoms with E-state index in [9.17, 15) is 0 Å². The second-order valence-electron chi connectivity index (χ2n) is 1.40. The van der Waals surface area contributed by atoms with Gasteiger partial charge in [0.15, 0.2) is 0 Å². The maximum Gasteiger partial charge on any atom is 0.0958 e. The second kappa shape index (κ2) is 3.84. The minimum Gasteiger partial charge on any atom is -0.311 e. The topological polar surface area (TPSA) is 52.0 Å². The van der Waals surface area contributed by atoms with Gasteiger partial charge in [0.25, 0.3) is 0 Å². The monoisotopic (exact) mass is 99.1 g/mol. The molecule has 2 nitrogen and oxygen atoms in total. The second-order valence-corrected chi connectivity index (χ2v) is 1.40. The molecule has 0 saturated heterocycles. The summed E-state index contributed by atoms with van der Waals surface area (Å²) in [5.41, 5.74) is 10.3. The highest BCUT2D eigenvalue weighted by Crippen LogP contribution is 1.92. The normalized spacial score (nSPS) is 9.57. The van der Waals surface area contributed by atoms with Crippen molar-refractivity contribution in [2.24, 2.45) is 11.5 Å². The zero-order chi connectivity index (χ0) is 5.70. The highest BCUT2D eigenvalue weighted by atomic mass is 14.8. The van der Waals surface area contributed by atoms with Gasteiger partial charge in [0.1, 0.15) is 0 Å². The van der Waals surface area contributed by atoms with Crippen LogP contribution in [0.15, 0.2) is 12.7 Å². The van der Waals surface area contributed by atoms with Crippen LogP contribution in [0.4, 0.5) is 0 Å². The zero-order valence-electron chi connectivity index (χ0n) is 4.35. The largest absolute Gasteiger partial charge is 0.311 e. The molecule has 0 aliphatic carbocycles. The SMILES string of the molecule is C=CCC[C](N)N. The molecule has 0 heterocycles. The molecule has 0 fully saturated rings. The Kier molecular flexibility index (Phi) is 3.65. The van der Waals surface area contributed by atoms with E-state index < -0.39 is 0 Å². The molecule has 0 bridgehead atoms. The van der Waals surface area contributed by atoms with E-state index in [1.165, 1.54) is 0 Å². The van der Waals surface area contributed by atoms with Crippen LogP contribution in [0.5, 0.6) is 0 Å². The van der Waals surface area contributed by atoms with Crippen molar-refractivity contribution in [3.8, 4) is 0 Å². The molecule has 2 heteroatoms. The molecule has 0 amide bonds. The van der Waals surface area contributed by atoms with Gasteiger partial charge in [0.05, 0.1) is 6.17 Å². The van der Waals surface area contributed by atoms with Gasteiger partial charge in [0, 0.05) is 0 Å². The predicted octanol–water partition coefficient (Wildman–Crippen LogP) is 0.359. The molecule has 0 aromatic carbocycles. The average molecular weight is 99.2 g/mol. The summed E-state index contributed by atoms with van der Waals surface area (Å²) >= 11 is 0. The van der Waals surface area contributed by atoms with Crippen LogP contribution < -0.4 is 11.5 Å². The van der Waals surface area contributed by atoms with Crippen LogP contribution in [0.2, 0.25) is 0 Å². The lowest BCUT2D eigenvalue weighted by molar-refractivity contribution is 0.803. The smallest absolute Gasteiger partial charge is 0.0958 e. The van der Waals surface area contributed by atoms with Crippen molar-refractivity contribution in [2.75, 3.05) is 0 Å². The zero-order valence-corrected chi connectivity index (χ0v) is 4.35. The minimum atomic E-state index is 0.486. The van der Waals surface area contributed by atoms with E-state index in [1.807, 2.05) is 0 Å². The summed E-state index contributed by atoms with van der Waals surface area (Å²) < 4.78 is 0. The number of hydrogen-bond donors (Lipinski definition) is 2. The van der Waals surface area contributed by atoms with Gasteiger partial charge in [-0.1, -0.05) is 6.08 Å². The molecule has 0 saturated carbocycles. The summed E-state index contributed by atoms with van der Waals surface area (Å²) in [4.78, 5) is 0. The molecule has 7 heavy (non-hydrogen) atoms. The van der Waals surface area contributed by atoms with Gasteiger partial charge in [-0.05, 0) is 12.8 Å². The first-order valence-electron chi connectivity index (χ1n) is 2.25. The summed E-state index contributed by atoms with van der Waals surface area (Å²) in [6.45, 7) is 3.51. The van der Waals surface area contributed by atoms with Gasteiger partial charge in [-0.2, -0.15) is 0 Å². The van der Waals surface area contributed by atoms with Crippen molar-refractivity contribution in [3.63, 3.8) is 0 Å². The van der Waals surface area contributed by atoms with Gasteiger partial charge in [-0.25, -0.2) is 0 Å². The van der Waals surface area contributed by atoms with E-state index in [1.54, 1.807) is 6.08 Å². The molecule has 0 rings (SSSR count). The van der Waals surface area contributed by atoms with Crippen LogP contribution in [0.3, 0.4) is 0 Å². The highest BCUT2D eigenvalue weighted by Gasteiger charge is 1.88. The Morgan fingerprint density at radius 2 is 2.14 bits per heavy atom. The molecule has 0 spiro atoms. The minimum absolute atomic E-state index is 0.486. The van der Waals surface area contributed by atoms with Crippen LogP contribution in [0.25, 0.3) is 0 Å². The standard InChI is InChI=1S/C5H11N2/c1-2-3-4-5(6)7/h2H,1,3-4,6-7H2. The van der Waals surface area contributed by atoms with Crippen molar-refractivity contribution in [1.82, 2.24) is 0 Å². The van der Waals surface area contributed by atoms with Crippen molar-refractivity contribution in [3.05, 3.63) is 18.8 Å². The van der Waals surface area contributed by atoms with E-state index in [0.717, 1.165) is 12.8 Å². The van der Waals surface area contributed by atoms with Crippen molar-refractivity contribution in [2.45, 2.75) is 12.8 Å². The van der Waals surface area contributed by atoms with Gasteiger partial charge < -0.3 is 11.5 Å². The van der Waals surface area contributed by atoms with Crippen molar-refractivity contribution in [1.29, 1.82) is 0 Å². The van der Waals surface area contributed by atoms with Gasteiger partial charge >= 0.3 is 0 Å². The quantitative estimate of drug-likeness (QED) is 0.502. The molecule has 0 aromatic rings. The number of allylic oxidation sites excluding steroid dienone is 1. The molecule has 0 aliphatic heterocycles. The Morgan fingerprint density at radius 1 is 1.57 bits per heavy atom. The Hall–Kier alpha value is -0.340. The molecule has 0 unspecified atom stereocenters. The fraction of sp³-hybridized carbons (Fsp3) is 0.400. The third kappa shape index (κ3) is 5.66. The van der Waals surface area contributed by atoms with Crippen molar-refractivity contribution >= 4 is 0 Å². The lowest BCUT2D eigenvalue weighted by atomic mass is 10.3. The van der Waals surface area contributed by atoms with E-state index >= 15 is 0 Å². The molecule has 4 N–H and O–H groups in total. The van der Waals surface area contributed by atoms with E-state index in [-0.39, 0.29) is 0 Å². The van der Waals surface area contributed by atoms with Gasteiger partial charge in [-0.3, -0.25) is 0 Å². The summed E-state index contributed by atoms with van der Waals surface area (Å²) in [5, 5.41) is 0. The summed E-state index contributed by atoms with van der Waals surface area (Å²) in [6, 6.07) is 0. The summed E-state index contributed by atoms with van der Waals surface area (Å²) in [5.74, 6) is 0. The number of nitrogens with two attached hydrogens (primary N) is 2. The van der Waals surface area contributed by atoms with Crippen LogP contribution in [-0.4, -0.2) is 0 Å². The van der Waals surface area contributed by atoms with Gasteiger partial charge in [-0.15, -0.1) is 6.58 Å². The Labute approximate surface area is 44.2 Å². The fourth-order valence-corrected chi connectivity index (χ4v) is 0.269. The van der Waals surface area contributed by atoms with E-state index in [4.69, 9.17) is 11.5 Å². The predicted molar refractivity (Wildman–Crippen MR) is 31.0 cm³/mol. The first-order chi connectivity index (χ1) is 3.27. The van der Waals surface area contributed by atoms with Crippen LogP contribution in [0, 0.1) is 6.17 Å². The Bertz CT molecular complexity index is 50.0. The van der Waals surface area contributed by atoms with Crippen molar-refractivity contribution < 1.29 is 0 Å². The van der Waals surface area contributed by atoms with E-state index in [2.05, 4.69) is 6.58 Å². The molecule has 41 valence electrons. The number of hydrogen-bond acceptors (Lipinski definition) is 2. The van der Waals surface area contributed by atoms with E-state index in [0.29, 0.717) is 6.17 Å². The highest BCUT2D eigenvalue weighted by molar-refractivity contribution is 4.78. The van der Waals surface area contributed by atoms with Crippen LogP contribution >= 0.6 is 0 Å². The first kappa shape index (κ1) is 6.66. The summed E-state index contributed by atoms with van der Waals surface area (Å²) in [6.07, 6.45) is 3.91. The fourth-order valence-electron chi connectivity index (χ4n) is 0.269. The van der Waals surface area contributed by atoms with Crippen LogP contribution in [0.1, 0.15) is 12.8 Å². The van der Waals surface area contributed by atoms with Gasteiger partial charge in [0.2, 0.25) is 0 Å². The lowest BCUT2D eigenvalue weighted by Crippen LogP contribution is -2.19. The molecular formula is C5H11N2. The number of rotatable bonds is 3. The lowest BCUT2D eigenvalue weighted by Gasteiger charge is -1.96. The molecule has 0 aliphatic rings. The molecule has 0 atom stereocenters. The molecular weight excluding hydrogens is 88.1 g/mol. The van der Waals surface area contributed by atoms with Crippen LogP contribution in [-0.2, 0) is 0 Å². The molecule has 0 aromatic heterocycles. The maximum absolute atomic E-state index is 5.13. The first-order valence-corrected chi connectivity index (χ1v) is 2.25. The Balaban J connectivity index is 2.81. The third-order valence-corrected chi connectivity index (χ3v) is 0.637. The maximum atomic E-state index is 5.13. The molecule has 1 radical (unpaired) electrons. The summed E-state index contributed by atoms with van der Waals surface area (Å²) in [7, 11) is 0.